The van der Waals surface area contributed by atoms with Crippen molar-refractivity contribution in [2.75, 3.05) is 19.0 Å². The summed E-state index contributed by atoms with van der Waals surface area (Å²) in [5.41, 5.74) is 2.24. The number of carbonyl (C=O) groups excluding carboxylic acids is 2. The number of amides is 1. The van der Waals surface area contributed by atoms with E-state index < -0.39 is 5.97 Å². The third-order valence-corrected chi connectivity index (χ3v) is 3.78. The number of halogens is 1. The zero-order valence-corrected chi connectivity index (χ0v) is 13.6. The Hall–Kier alpha value is -2.79. The van der Waals surface area contributed by atoms with Gasteiger partial charge in [-0.15, -0.1) is 0 Å². The fourth-order valence-corrected chi connectivity index (χ4v) is 2.48. The van der Waals surface area contributed by atoms with Crippen LogP contribution in [0.25, 0.3) is 6.08 Å². The van der Waals surface area contributed by atoms with Crippen molar-refractivity contribution in [3.63, 3.8) is 0 Å². The number of fused-ring (bicyclic) bond motifs is 1. The molecule has 6 heteroatoms. The Morgan fingerprint density at radius 2 is 1.92 bits per heavy atom. The first-order chi connectivity index (χ1) is 11.6. The van der Waals surface area contributed by atoms with Crippen LogP contribution < -0.4 is 10.1 Å². The van der Waals surface area contributed by atoms with E-state index in [0.29, 0.717) is 27.6 Å². The molecular weight excluding hydrogens is 330 g/mol. The Morgan fingerprint density at radius 1 is 1.17 bits per heavy atom. The average Bonchev–Trinajstić information content (AvgIpc) is 2.61. The summed E-state index contributed by atoms with van der Waals surface area (Å²) < 4.78 is 10.2. The van der Waals surface area contributed by atoms with Crippen LogP contribution in [0.5, 0.6) is 5.75 Å². The number of anilines is 1. The largest absolute Gasteiger partial charge is 0.488 e. The zero-order chi connectivity index (χ0) is 17.1. The number of hydrogen-bond donors (Lipinski definition) is 1. The summed E-state index contributed by atoms with van der Waals surface area (Å²) in [6, 6.07) is 11.7. The van der Waals surface area contributed by atoms with Gasteiger partial charge >= 0.3 is 5.97 Å². The molecule has 1 heterocycles. The third-order valence-electron chi connectivity index (χ3n) is 3.54. The maximum Gasteiger partial charge on any atom is 0.337 e. The lowest BCUT2D eigenvalue weighted by Crippen LogP contribution is -2.21. The lowest BCUT2D eigenvalue weighted by Gasteiger charge is -2.18. The summed E-state index contributed by atoms with van der Waals surface area (Å²) in [7, 11) is 1.32. The van der Waals surface area contributed by atoms with Gasteiger partial charge in [0.15, 0.2) is 0 Å². The van der Waals surface area contributed by atoms with Gasteiger partial charge in [0.1, 0.15) is 12.4 Å². The standard InChI is InChI=1S/C18H14ClNO4/c1-23-18(22)11-2-5-15(6-3-11)20-17(21)13-8-12-9-14(19)4-7-16(12)24-10-13/h2-9H,10H2,1H3,(H,20,21). The Bertz CT molecular complexity index is 827. The predicted molar refractivity (Wildman–Crippen MR) is 91.3 cm³/mol. The second kappa shape index (κ2) is 6.76. The highest BCUT2D eigenvalue weighted by Crippen LogP contribution is 2.29. The van der Waals surface area contributed by atoms with Crippen LogP contribution in [-0.2, 0) is 9.53 Å². The maximum atomic E-state index is 12.4. The van der Waals surface area contributed by atoms with Crippen molar-refractivity contribution in [2.24, 2.45) is 0 Å². The van der Waals surface area contributed by atoms with Gasteiger partial charge in [-0.3, -0.25) is 4.79 Å². The normalized spacial score (nSPS) is 12.5. The van der Waals surface area contributed by atoms with Crippen molar-refractivity contribution in [1.82, 2.24) is 0 Å². The molecule has 0 aliphatic carbocycles. The van der Waals surface area contributed by atoms with Crippen molar-refractivity contribution in [3.8, 4) is 5.75 Å². The van der Waals surface area contributed by atoms with Gasteiger partial charge in [0, 0.05) is 16.3 Å². The Morgan fingerprint density at radius 3 is 2.62 bits per heavy atom. The molecular formula is C18H14ClNO4. The number of methoxy groups -OCH3 is 1. The molecule has 5 nitrogen and oxygen atoms in total. The summed E-state index contributed by atoms with van der Waals surface area (Å²) >= 11 is 5.96. The summed E-state index contributed by atoms with van der Waals surface area (Å²) in [5, 5.41) is 3.35. The lowest BCUT2D eigenvalue weighted by molar-refractivity contribution is -0.113. The summed E-state index contributed by atoms with van der Waals surface area (Å²) in [6.07, 6.45) is 1.75. The van der Waals surface area contributed by atoms with Crippen LogP contribution in [0.1, 0.15) is 15.9 Å². The first kappa shape index (κ1) is 16.1. The number of hydrogen-bond acceptors (Lipinski definition) is 4. The number of carbonyl (C=O) groups is 2. The zero-order valence-electron chi connectivity index (χ0n) is 12.8. The molecule has 1 aliphatic rings. The highest BCUT2D eigenvalue weighted by atomic mass is 35.5. The van der Waals surface area contributed by atoms with Gasteiger partial charge in [-0.05, 0) is 48.5 Å². The molecule has 2 aromatic rings. The van der Waals surface area contributed by atoms with Crippen LogP contribution in [-0.4, -0.2) is 25.6 Å². The van der Waals surface area contributed by atoms with E-state index in [1.165, 1.54) is 7.11 Å². The molecule has 3 rings (SSSR count). The number of ether oxygens (including phenoxy) is 2. The minimum Gasteiger partial charge on any atom is -0.488 e. The minimum atomic E-state index is -0.426. The molecule has 1 amide bonds. The van der Waals surface area contributed by atoms with E-state index in [9.17, 15) is 9.59 Å². The number of nitrogens with one attached hydrogen (secondary N) is 1. The number of rotatable bonds is 3. The van der Waals surface area contributed by atoms with Gasteiger partial charge in [-0.25, -0.2) is 4.79 Å². The molecule has 0 saturated carbocycles. The topological polar surface area (TPSA) is 64.6 Å². The molecule has 0 aromatic heterocycles. The molecule has 0 saturated heterocycles. The van der Waals surface area contributed by atoms with E-state index in [1.807, 2.05) is 0 Å². The van der Waals surface area contributed by atoms with E-state index in [2.05, 4.69) is 10.1 Å². The van der Waals surface area contributed by atoms with Crippen LogP contribution in [0.2, 0.25) is 5.02 Å². The molecule has 122 valence electrons. The van der Waals surface area contributed by atoms with Crippen molar-refractivity contribution < 1.29 is 19.1 Å². The summed E-state index contributed by atoms with van der Waals surface area (Å²) in [4.78, 5) is 23.7. The molecule has 0 unspecified atom stereocenters. The molecule has 1 N–H and O–H groups in total. The SMILES string of the molecule is COC(=O)c1ccc(NC(=O)C2=Cc3cc(Cl)ccc3OC2)cc1. The van der Waals surface area contributed by atoms with Gasteiger partial charge in [0.05, 0.1) is 18.2 Å². The van der Waals surface area contributed by atoms with E-state index in [1.54, 1.807) is 48.5 Å². The van der Waals surface area contributed by atoms with Crippen LogP contribution >= 0.6 is 11.6 Å². The molecule has 0 radical (unpaired) electrons. The van der Waals surface area contributed by atoms with E-state index >= 15 is 0 Å². The van der Waals surface area contributed by atoms with Crippen molar-refractivity contribution >= 4 is 35.2 Å². The van der Waals surface area contributed by atoms with Crippen LogP contribution in [0.15, 0.2) is 48.0 Å². The van der Waals surface area contributed by atoms with E-state index in [4.69, 9.17) is 16.3 Å². The number of esters is 1. The molecule has 1 aliphatic heterocycles. The second-order valence-electron chi connectivity index (χ2n) is 5.16. The van der Waals surface area contributed by atoms with Crippen molar-refractivity contribution in [1.29, 1.82) is 0 Å². The van der Waals surface area contributed by atoms with Crippen LogP contribution in [0.3, 0.4) is 0 Å². The lowest BCUT2D eigenvalue weighted by atomic mass is 10.1. The van der Waals surface area contributed by atoms with Gasteiger partial charge in [0.25, 0.3) is 5.91 Å². The predicted octanol–water partition coefficient (Wildman–Crippen LogP) is 3.54. The number of benzene rings is 2. The van der Waals surface area contributed by atoms with Crippen LogP contribution in [0.4, 0.5) is 5.69 Å². The van der Waals surface area contributed by atoms with Gasteiger partial charge in [0.2, 0.25) is 0 Å². The Balaban J connectivity index is 1.74. The van der Waals surface area contributed by atoms with Gasteiger partial charge in [-0.2, -0.15) is 0 Å². The molecule has 24 heavy (non-hydrogen) atoms. The fourth-order valence-electron chi connectivity index (χ4n) is 2.30. The van der Waals surface area contributed by atoms with Crippen molar-refractivity contribution in [2.45, 2.75) is 0 Å². The molecule has 0 fully saturated rings. The second-order valence-corrected chi connectivity index (χ2v) is 5.60. The molecule has 0 spiro atoms. The Kier molecular flexibility index (Phi) is 4.53. The third kappa shape index (κ3) is 3.41. The van der Waals surface area contributed by atoms with Crippen molar-refractivity contribution in [3.05, 3.63) is 64.2 Å². The quantitative estimate of drug-likeness (QED) is 0.866. The fraction of sp³-hybridized carbons (Fsp3) is 0.111. The van der Waals surface area contributed by atoms with Gasteiger partial charge in [-0.1, -0.05) is 11.6 Å². The average molecular weight is 344 g/mol. The maximum absolute atomic E-state index is 12.4. The smallest absolute Gasteiger partial charge is 0.337 e. The molecule has 0 bridgehead atoms. The molecule has 2 aromatic carbocycles. The van der Waals surface area contributed by atoms with Crippen LogP contribution in [0, 0.1) is 0 Å². The highest BCUT2D eigenvalue weighted by molar-refractivity contribution is 6.30. The van der Waals surface area contributed by atoms with E-state index in [0.717, 1.165) is 5.56 Å². The first-order valence-corrected chi connectivity index (χ1v) is 7.57. The Labute approximate surface area is 143 Å². The van der Waals surface area contributed by atoms with Gasteiger partial charge < -0.3 is 14.8 Å². The molecule has 0 atom stereocenters. The first-order valence-electron chi connectivity index (χ1n) is 7.19. The highest BCUT2D eigenvalue weighted by Gasteiger charge is 2.17. The summed E-state index contributed by atoms with van der Waals surface area (Å²) in [6.45, 7) is 0.181. The minimum absolute atomic E-state index is 0.181. The summed E-state index contributed by atoms with van der Waals surface area (Å²) in [5.74, 6) is -0.00502. The monoisotopic (exact) mass is 343 g/mol. The van der Waals surface area contributed by atoms with E-state index in [-0.39, 0.29) is 12.5 Å².